The molecule has 0 N–H and O–H groups in total. The fourth-order valence-corrected chi connectivity index (χ4v) is 6.46. The number of amides is 1. The Morgan fingerprint density at radius 2 is 1.79 bits per heavy atom. The van der Waals surface area contributed by atoms with E-state index in [1.54, 1.807) is 16.7 Å². The largest absolute Gasteiger partial charge is 0.373 e. The lowest BCUT2D eigenvalue weighted by molar-refractivity contribution is -0.129. The molecule has 0 aliphatic carbocycles. The topological polar surface area (TPSA) is 70.2 Å². The van der Waals surface area contributed by atoms with Gasteiger partial charge in [-0.2, -0.15) is 17.0 Å². The van der Waals surface area contributed by atoms with E-state index in [-0.39, 0.29) is 18.1 Å². The molecular weight excluding hydrogens is 434 g/mol. The number of hydrogen-bond donors (Lipinski definition) is 0. The maximum Gasteiger partial charge on any atom is 0.282 e. The van der Waals surface area contributed by atoms with Gasteiger partial charge < -0.3 is 9.64 Å². The van der Waals surface area contributed by atoms with Crippen molar-refractivity contribution < 1.29 is 17.9 Å². The summed E-state index contributed by atoms with van der Waals surface area (Å²) in [6.07, 6.45) is -0.235. The van der Waals surface area contributed by atoms with Gasteiger partial charge in [0, 0.05) is 50.0 Å². The van der Waals surface area contributed by atoms with Crippen LogP contribution < -0.4 is 0 Å². The molecule has 0 bridgehead atoms. The number of carbonyl (C=O) groups is 1. The van der Waals surface area contributed by atoms with Crippen LogP contribution in [0.4, 0.5) is 0 Å². The molecule has 29 heavy (non-hydrogen) atoms. The molecule has 2 fully saturated rings. The minimum Gasteiger partial charge on any atom is -0.373 e. The summed E-state index contributed by atoms with van der Waals surface area (Å²) >= 11 is 7.52. The number of rotatable bonds is 6. The number of piperazine rings is 1. The molecule has 3 rings (SSSR count). The summed E-state index contributed by atoms with van der Waals surface area (Å²) in [6.45, 7) is 6.00. The fraction of sp³-hybridized carbons (Fsp3) is 0.632. The Labute approximate surface area is 182 Å². The zero-order valence-electron chi connectivity index (χ0n) is 16.8. The lowest BCUT2D eigenvalue weighted by atomic mass is 10.2. The van der Waals surface area contributed by atoms with Gasteiger partial charge in [0.2, 0.25) is 5.91 Å². The average molecular weight is 462 g/mol. The van der Waals surface area contributed by atoms with Gasteiger partial charge in [-0.25, -0.2) is 0 Å². The lowest BCUT2D eigenvalue weighted by Crippen LogP contribution is -2.57. The second kappa shape index (κ2) is 9.98. The number of hydrogen-bond acceptors (Lipinski definition) is 5. The second-order valence-corrected chi connectivity index (χ2v) is 10.8. The summed E-state index contributed by atoms with van der Waals surface area (Å²) in [4.78, 5) is 14.2. The van der Waals surface area contributed by atoms with Gasteiger partial charge in [-0.05, 0) is 31.5 Å². The summed E-state index contributed by atoms with van der Waals surface area (Å²) in [5.74, 6) is 1.13. The summed E-state index contributed by atoms with van der Waals surface area (Å²) in [7, 11) is -3.53. The van der Waals surface area contributed by atoms with Crippen LogP contribution in [0.25, 0.3) is 0 Å². The first-order valence-electron chi connectivity index (χ1n) is 9.76. The van der Waals surface area contributed by atoms with Crippen LogP contribution in [0.2, 0.25) is 5.02 Å². The maximum atomic E-state index is 12.9. The molecule has 10 heteroatoms. The Balaban J connectivity index is 1.46. The van der Waals surface area contributed by atoms with Crippen LogP contribution in [0.5, 0.6) is 0 Å². The van der Waals surface area contributed by atoms with Crippen molar-refractivity contribution in [3.05, 3.63) is 34.9 Å². The van der Waals surface area contributed by atoms with E-state index in [9.17, 15) is 13.2 Å². The standard InChI is InChI=1S/C19H28ClN3O4S2/c1-15-11-23(12-16(2)27-15)29(25,26)22-8-6-21(7-9-22)19(24)14-28-13-17-4-3-5-18(20)10-17/h3-5,10,15-16H,6-9,11-14H2,1-2H3/t15-,16-/m1/s1. The zero-order chi connectivity index (χ0) is 21.0. The van der Waals surface area contributed by atoms with Crippen LogP contribution in [-0.2, 0) is 25.5 Å². The second-order valence-electron chi connectivity index (χ2n) is 7.48. The van der Waals surface area contributed by atoms with E-state index < -0.39 is 10.2 Å². The van der Waals surface area contributed by atoms with Crippen LogP contribution in [0.15, 0.2) is 24.3 Å². The molecule has 2 aliphatic rings. The van der Waals surface area contributed by atoms with E-state index in [1.165, 1.54) is 8.61 Å². The van der Waals surface area contributed by atoms with Crippen LogP contribution in [0, 0.1) is 0 Å². The number of morpholine rings is 1. The minimum absolute atomic E-state index is 0.0442. The predicted molar refractivity (Wildman–Crippen MR) is 116 cm³/mol. The Bertz CT molecular complexity index is 805. The van der Waals surface area contributed by atoms with Gasteiger partial charge in [0.15, 0.2) is 0 Å². The van der Waals surface area contributed by atoms with Crippen molar-refractivity contribution >= 4 is 39.5 Å². The maximum absolute atomic E-state index is 12.9. The molecule has 0 unspecified atom stereocenters. The third-order valence-corrected chi connectivity index (χ3v) is 8.21. The van der Waals surface area contributed by atoms with Crippen molar-refractivity contribution in [2.24, 2.45) is 0 Å². The highest BCUT2D eigenvalue weighted by Gasteiger charge is 2.37. The van der Waals surface area contributed by atoms with Crippen molar-refractivity contribution in [3.8, 4) is 0 Å². The summed E-state index contributed by atoms with van der Waals surface area (Å²) in [5.41, 5.74) is 1.08. The SMILES string of the molecule is C[C@@H]1CN(S(=O)(=O)N2CCN(C(=O)CSCc3cccc(Cl)c3)CC2)C[C@@H](C)O1. The molecule has 0 radical (unpaired) electrons. The lowest BCUT2D eigenvalue weighted by Gasteiger charge is -2.40. The van der Waals surface area contributed by atoms with Crippen LogP contribution in [0.3, 0.4) is 0 Å². The van der Waals surface area contributed by atoms with E-state index in [0.29, 0.717) is 55.8 Å². The average Bonchev–Trinajstić information content (AvgIpc) is 2.67. The van der Waals surface area contributed by atoms with Gasteiger partial charge in [-0.1, -0.05) is 23.7 Å². The Hall–Kier alpha value is -0.840. The minimum atomic E-state index is -3.53. The van der Waals surface area contributed by atoms with Gasteiger partial charge in [0.05, 0.1) is 18.0 Å². The molecule has 2 atom stereocenters. The molecule has 2 heterocycles. The van der Waals surface area contributed by atoms with Crippen molar-refractivity contribution in [1.82, 2.24) is 13.5 Å². The van der Waals surface area contributed by atoms with Crippen molar-refractivity contribution in [3.63, 3.8) is 0 Å². The highest BCUT2D eigenvalue weighted by Crippen LogP contribution is 2.20. The Morgan fingerprint density at radius 3 is 2.41 bits per heavy atom. The van der Waals surface area contributed by atoms with Crippen LogP contribution in [0.1, 0.15) is 19.4 Å². The van der Waals surface area contributed by atoms with Crippen molar-refractivity contribution in [2.75, 3.05) is 45.0 Å². The van der Waals surface area contributed by atoms with Crippen molar-refractivity contribution in [2.45, 2.75) is 31.8 Å². The quantitative estimate of drug-likeness (QED) is 0.648. The number of nitrogens with zero attached hydrogens (tertiary/aromatic N) is 3. The predicted octanol–water partition coefficient (Wildman–Crippen LogP) is 2.07. The van der Waals surface area contributed by atoms with Crippen LogP contribution in [-0.4, -0.2) is 85.1 Å². The monoisotopic (exact) mass is 461 g/mol. The highest BCUT2D eigenvalue weighted by molar-refractivity contribution is 7.99. The smallest absolute Gasteiger partial charge is 0.282 e. The van der Waals surface area contributed by atoms with Gasteiger partial charge in [-0.15, -0.1) is 11.8 Å². The number of halogens is 1. The molecule has 1 aromatic carbocycles. The molecular formula is C19H28ClN3O4S2. The fourth-order valence-electron chi connectivity index (χ4n) is 3.62. The highest BCUT2D eigenvalue weighted by atomic mass is 35.5. The summed E-state index contributed by atoms with van der Waals surface area (Å²) in [6, 6.07) is 7.61. The van der Waals surface area contributed by atoms with Gasteiger partial charge in [-0.3, -0.25) is 4.79 Å². The van der Waals surface area contributed by atoms with E-state index in [0.717, 1.165) is 5.56 Å². The van der Waals surface area contributed by atoms with Crippen molar-refractivity contribution in [1.29, 1.82) is 0 Å². The Morgan fingerprint density at radius 1 is 1.14 bits per heavy atom. The number of thioether (sulfide) groups is 1. The van der Waals surface area contributed by atoms with Gasteiger partial charge in [0.25, 0.3) is 10.2 Å². The molecule has 0 saturated carbocycles. The molecule has 0 spiro atoms. The Kier molecular flexibility index (Phi) is 7.86. The third kappa shape index (κ3) is 6.08. The molecule has 2 saturated heterocycles. The molecule has 1 aromatic rings. The normalized spacial score (nSPS) is 24.6. The summed E-state index contributed by atoms with van der Waals surface area (Å²) < 4.78 is 34.5. The molecule has 0 aromatic heterocycles. The number of carbonyl (C=O) groups excluding carboxylic acids is 1. The number of benzene rings is 1. The van der Waals surface area contributed by atoms with E-state index in [1.807, 2.05) is 38.1 Å². The van der Waals surface area contributed by atoms with Gasteiger partial charge >= 0.3 is 0 Å². The third-order valence-electron chi connectivity index (χ3n) is 5.01. The summed E-state index contributed by atoms with van der Waals surface area (Å²) in [5, 5.41) is 0.691. The van der Waals surface area contributed by atoms with E-state index in [4.69, 9.17) is 16.3 Å². The molecule has 1 amide bonds. The van der Waals surface area contributed by atoms with Gasteiger partial charge in [0.1, 0.15) is 0 Å². The molecule has 162 valence electrons. The van der Waals surface area contributed by atoms with Crippen LogP contribution >= 0.6 is 23.4 Å². The first-order valence-corrected chi connectivity index (χ1v) is 12.7. The first kappa shape index (κ1) is 22.8. The van der Waals surface area contributed by atoms with E-state index >= 15 is 0 Å². The zero-order valence-corrected chi connectivity index (χ0v) is 19.2. The molecule has 7 nitrogen and oxygen atoms in total. The first-order chi connectivity index (χ1) is 13.8. The molecule has 2 aliphatic heterocycles. The number of ether oxygens (including phenoxy) is 1. The van der Waals surface area contributed by atoms with E-state index in [2.05, 4.69) is 0 Å².